The zero-order valence-electron chi connectivity index (χ0n) is 17.6. The summed E-state index contributed by atoms with van der Waals surface area (Å²) in [5.74, 6) is -0.0370. The van der Waals surface area contributed by atoms with Gasteiger partial charge in [-0.2, -0.15) is 5.10 Å². The lowest BCUT2D eigenvalue weighted by Crippen LogP contribution is -2.43. The lowest BCUT2D eigenvalue weighted by molar-refractivity contribution is 0.0918. The molecule has 0 bridgehead atoms. The molecular weight excluding hydrogens is 362 g/mol. The molecule has 3 aromatic rings. The Kier molecular flexibility index (Phi) is 5.37. The van der Waals surface area contributed by atoms with E-state index in [4.69, 9.17) is 4.98 Å². The van der Waals surface area contributed by atoms with Crippen molar-refractivity contribution in [2.45, 2.75) is 45.7 Å². The smallest absolute Gasteiger partial charge is 0.252 e. The monoisotopic (exact) mass is 391 g/mol. The number of fused-ring (bicyclic) bond motifs is 1. The molecule has 6 nitrogen and oxygen atoms in total. The van der Waals surface area contributed by atoms with Crippen LogP contribution in [0.4, 0.5) is 0 Å². The average Bonchev–Trinajstić information content (AvgIpc) is 3.13. The molecule has 152 valence electrons. The Hall–Kier alpha value is -2.73. The summed E-state index contributed by atoms with van der Waals surface area (Å²) in [6, 6.07) is 10.4. The first-order valence-corrected chi connectivity index (χ1v) is 10.4. The molecular formula is C23H29N5O. The minimum absolute atomic E-state index is 0.0370. The Morgan fingerprint density at radius 2 is 1.93 bits per heavy atom. The van der Waals surface area contributed by atoms with Crippen LogP contribution in [-0.4, -0.2) is 51.8 Å². The van der Waals surface area contributed by atoms with Crippen LogP contribution in [0.3, 0.4) is 0 Å². The van der Waals surface area contributed by atoms with Gasteiger partial charge < -0.3 is 10.2 Å². The molecule has 1 amide bonds. The third-order valence-electron chi connectivity index (χ3n) is 5.78. The number of hydrogen-bond donors (Lipinski definition) is 1. The van der Waals surface area contributed by atoms with Crippen molar-refractivity contribution in [1.82, 2.24) is 25.0 Å². The average molecular weight is 392 g/mol. The third kappa shape index (κ3) is 3.90. The summed E-state index contributed by atoms with van der Waals surface area (Å²) in [7, 11) is 2.12. The first-order chi connectivity index (χ1) is 13.9. The van der Waals surface area contributed by atoms with Gasteiger partial charge in [-0.1, -0.05) is 24.3 Å². The minimum Gasteiger partial charge on any atom is -0.349 e. The number of amides is 1. The van der Waals surface area contributed by atoms with E-state index in [1.54, 1.807) is 6.20 Å². The lowest BCUT2D eigenvalue weighted by atomic mass is 10.0. The van der Waals surface area contributed by atoms with Crippen molar-refractivity contribution in [2.75, 3.05) is 20.1 Å². The Balaban J connectivity index is 1.77. The Labute approximate surface area is 171 Å². The Morgan fingerprint density at radius 3 is 2.62 bits per heavy atom. The topological polar surface area (TPSA) is 63.1 Å². The van der Waals surface area contributed by atoms with Gasteiger partial charge in [0.25, 0.3) is 5.91 Å². The van der Waals surface area contributed by atoms with E-state index in [-0.39, 0.29) is 18.0 Å². The van der Waals surface area contributed by atoms with Crippen LogP contribution in [0.2, 0.25) is 0 Å². The first kappa shape index (κ1) is 19.6. The van der Waals surface area contributed by atoms with Gasteiger partial charge >= 0.3 is 0 Å². The zero-order valence-corrected chi connectivity index (χ0v) is 17.6. The first-order valence-electron chi connectivity index (χ1n) is 10.4. The third-order valence-corrected chi connectivity index (χ3v) is 5.78. The molecule has 1 N–H and O–H groups in total. The number of aryl methyl sites for hydroxylation is 1. The summed E-state index contributed by atoms with van der Waals surface area (Å²) < 4.78 is 1.89. The molecule has 0 atom stereocenters. The molecule has 0 saturated carbocycles. The fraction of sp³-hybridized carbons (Fsp3) is 0.435. The van der Waals surface area contributed by atoms with E-state index in [9.17, 15) is 4.79 Å². The molecule has 6 heteroatoms. The molecule has 0 radical (unpaired) electrons. The number of piperidine rings is 1. The van der Waals surface area contributed by atoms with Crippen molar-refractivity contribution in [2.24, 2.45) is 0 Å². The second-order valence-corrected chi connectivity index (χ2v) is 8.34. The van der Waals surface area contributed by atoms with E-state index >= 15 is 0 Å². The predicted octanol–water partition coefficient (Wildman–Crippen LogP) is 3.81. The zero-order chi connectivity index (χ0) is 20.5. The van der Waals surface area contributed by atoms with E-state index in [0.717, 1.165) is 53.8 Å². The van der Waals surface area contributed by atoms with Crippen LogP contribution in [0.15, 0.2) is 36.5 Å². The number of carbonyl (C=O) groups excluding carboxylic acids is 1. The molecule has 1 aromatic carbocycles. The van der Waals surface area contributed by atoms with Crippen LogP contribution in [0.5, 0.6) is 0 Å². The van der Waals surface area contributed by atoms with Gasteiger partial charge in [-0.15, -0.1) is 0 Å². The molecule has 4 rings (SSSR count). The van der Waals surface area contributed by atoms with E-state index in [1.807, 2.05) is 22.9 Å². The number of hydrogen-bond acceptors (Lipinski definition) is 4. The molecule has 0 aliphatic carbocycles. The van der Waals surface area contributed by atoms with E-state index in [2.05, 4.69) is 55.3 Å². The van der Waals surface area contributed by atoms with E-state index in [0.29, 0.717) is 5.56 Å². The SMILES string of the molecule is Cc1ccccc1-c1cc(C(=O)NC2CCN(C)CC2)c2cnn(C(C)C)c2n1. The molecule has 1 saturated heterocycles. The number of rotatable bonds is 4. The predicted molar refractivity (Wildman–Crippen MR) is 116 cm³/mol. The molecule has 29 heavy (non-hydrogen) atoms. The van der Waals surface area contributed by atoms with Crippen molar-refractivity contribution in [1.29, 1.82) is 0 Å². The van der Waals surface area contributed by atoms with Gasteiger partial charge in [0.05, 0.1) is 22.8 Å². The molecule has 2 aromatic heterocycles. The summed E-state index contributed by atoms with van der Waals surface area (Å²) in [4.78, 5) is 20.5. The summed E-state index contributed by atoms with van der Waals surface area (Å²) in [5.41, 5.74) is 4.40. The van der Waals surface area contributed by atoms with E-state index < -0.39 is 0 Å². The standard InChI is InChI=1S/C23H29N5O/c1-15(2)28-22-20(14-24-28)19(23(29)25-17-9-11-27(4)12-10-17)13-21(26-22)18-8-6-5-7-16(18)3/h5-8,13-15,17H,9-12H2,1-4H3,(H,25,29). The number of likely N-dealkylation sites (tertiary alicyclic amines) is 1. The summed E-state index contributed by atoms with van der Waals surface area (Å²) in [6.45, 7) is 8.24. The van der Waals surface area contributed by atoms with Crippen molar-refractivity contribution in [3.05, 3.63) is 47.7 Å². The molecule has 0 unspecified atom stereocenters. The highest BCUT2D eigenvalue weighted by atomic mass is 16.1. The van der Waals surface area contributed by atoms with Crippen LogP contribution >= 0.6 is 0 Å². The quantitative estimate of drug-likeness (QED) is 0.735. The minimum atomic E-state index is -0.0370. The van der Waals surface area contributed by atoms with Gasteiger partial charge in [0.15, 0.2) is 5.65 Å². The van der Waals surface area contributed by atoms with Gasteiger partial charge in [-0.05, 0) is 65.4 Å². The molecule has 1 aliphatic heterocycles. The molecule has 1 aliphatic rings. The van der Waals surface area contributed by atoms with Crippen LogP contribution in [0.1, 0.15) is 48.7 Å². The summed E-state index contributed by atoms with van der Waals surface area (Å²) in [6.07, 6.45) is 3.73. The maximum Gasteiger partial charge on any atom is 0.252 e. The van der Waals surface area contributed by atoms with Gasteiger partial charge in [0, 0.05) is 17.6 Å². The van der Waals surface area contributed by atoms with Gasteiger partial charge in [-0.25, -0.2) is 9.67 Å². The normalized spacial score (nSPS) is 15.9. The van der Waals surface area contributed by atoms with Gasteiger partial charge in [-0.3, -0.25) is 4.79 Å². The number of benzene rings is 1. The number of nitrogens with zero attached hydrogens (tertiary/aromatic N) is 4. The van der Waals surface area contributed by atoms with Crippen LogP contribution in [0.25, 0.3) is 22.3 Å². The maximum atomic E-state index is 13.3. The molecule has 1 fully saturated rings. The second-order valence-electron chi connectivity index (χ2n) is 8.34. The summed E-state index contributed by atoms with van der Waals surface area (Å²) >= 11 is 0. The molecule has 3 heterocycles. The summed E-state index contributed by atoms with van der Waals surface area (Å²) in [5, 5.41) is 8.58. The van der Waals surface area contributed by atoms with Gasteiger partial charge in [0.1, 0.15) is 0 Å². The number of carbonyl (C=O) groups is 1. The van der Waals surface area contributed by atoms with Crippen LogP contribution < -0.4 is 5.32 Å². The van der Waals surface area contributed by atoms with Crippen molar-refractivity contribution in [3.63, 3.8) is 0 Å². The van der Waals surface area contributed by atoms with Crippen molar-refractivity contribution < 1.29 is 4.79 Å². The van der Waals surface area contributed by atoms with Crippen LogP contribution in [0, 0.1) is 6.92 Å². The second kappa shape index (κ2) is 7.95. The highest BCUT2D eigenvalue weighted by Gasteiger charge is 2.23. The highest BCUT2D eigenvalue weighted by Crippen LogP contribution is 2.28. The van der Waals surface area contributed by atoms with Crippen molar-refractivity contribution >= 4 is 16.9 Å². The van der Waals surface area contributed by atoms with Crippen molar-refractivity contribution in [3.8, 4) is 11.3 Å². The highest BCUT2D eigenvalue weighted by molar-refractivity contribution is 6.06. The largest absolute Gasteiger partial charge is 0.349 e. The number of aromatic nitrogens is 3. The Bertz CT molecular complexity index is 1030. The number of pyridine rings is 1. The lowest BCUT2D eigenvalue weighted by Gasteiger charge is -2.29. The number of nitrogens with one attached hydrogen (secondary N) is 1. The Morgan fingerprint density at radius 1 is 1.21 bits per heavy atom. The van der Waals surface area contributed by atoms with E-state index in [1.165, 1.54) is 0 Å². The van der Waals surface area contributed by atoms with Gasteiger partial charge in [0.2, 0.25) is 0 Å². The fourth-order valence-corrected chi connectivity index (χ4v) is 4.00. The molecule has 0 spiro atoms. The fourth-order valence-electron chi connectivity index (χ4n) is 4.00. The maximum absolute atomic E-state index is 13.3. The van der Waals surface area contributed by atoms with Crippen LogP contribution in [-0.2, 0) is 0 Å².